The highest BCUT2D eigenvalue weighted by atomic mass is 16.1. The molecule has 150 valence electrons. The molecule has 0 atom stereocenters. The van der Waals surface area contributed by atoms with Crippen molar-refractivity contribution in [3.8, 4) is 22.6 Å². The summed E-state index contributed by atoms with van der Waals surface area (Å²) in [7, 11) is 0. The molecule has 0 spiro atoms. The van der Waals surface area contributed by atoms with Crippen LogP contribution in [0.15, 0.2) is 42.9 Å². The van der Waals surface area contributed by atoms with Crippen molar-refractivity contribution < 1.29 is 4.79 Å². The van der Waals surface area contributed by atoms with Crippen LogP contribution in [0.2, 0.25) is 0 Å². The molecule has 6 rings (SSSR count). The SMILES string of the molecule is NC(=O)/C=C/c1cnc2ccc(-c3c(-c4ccn(C5CC5)n4)nc4n3CCC4)cn12. The molecule has 8 heteroatoms. The highest BCUT2D eigenvalue weighted by Gasteiger charge is 2.28. The topological polar surface area (TPSA) is 96.0 Å². The summed E-state index contributed by atoms with van der Waals surface area (Å²) >= 11 is 0. The van der Waals surface area contributed by atoms with E-state index in [-0.39, 0.29) is 0 Å². The highest BCUT2D eigenvalue weighted by molar-refractivity contribution is 5.90. The lowest BCUT2D eigenvalue weighted by atomic mass is 10.1. The van der Waals surface area contributed by atoms with E-state index in [9.17, 15) is 4.79 Å². The molecule has 8 nitrogen and oxygen atoms in total. The van der Waals surface area contributed by atoms with E-state index in [2.05, 4.69) is 32.6 Å². The Morgan fingerprint density at radius 1 is 1.23 bits per heavy atom. The number of aryl methyl sites for hydroxylation is 1. The van der Waals surface area contributed by atoms with Crippen LogP contribution in [0.5, 0.6) is 0 Å². The molecule has 4 aromatic heterocycles. The molecule has 1 aliphatic carbocycles. The second-order valence-electron chi connectivity index (χ2n) is 7.96. The van der Waals surface area contributed by atoms with E-state index in [0.29, 0.717) is 6.04 Å². The molecule has 4 aromatic rings. The van der Waals surface area contributed by atoms with Gasteiger partial charge in [-0.3, -0.25) is 13.9 Å². The third-order valence-electron chi connectivity index (χ3n) is 5.83. The lowest BCUT2D eigenvalue weighted by Gasteiger charge is -2.09. The summed E-state index contributed by atoms with van der Waals surface area (Å²) in [5.74, 6) is 0.629. The van der Waals surface area contributed by atoms with Gasteiger partial charge in [0.25, 0.3) is 0 Å². The molecule has 0 aromatic carbocycles. The predicted molar refractivity (Wildman–Crippen MR) is 112 cm³/mol. The van der Waals surface area contributed by atoms with Crippen LogP contribution in [0.4, 0.5) is 0 Å². The van der Waals surface area contributed by atoms with Gasteiger partial charge in [0.2, 0.25) is 5.91 Å². The average Bonchev–Trinajstić information content (AvgIpc) is 3.12. The van der Waals surface area contributed by atoms with Crippen molar-refractivity contribution in [1.82, 2.24) is 28.7 Å². The van der Waals surface area contributed by atoms with Gasteiger partial charge in [-0.1, -0.05) is 0 Å². The van der Waals surface area contributed by atoms with Crippen molar-refractivity contribution in [3.05, 3.63) is 54.4 Å². The Morgan fingerprint density at radius 3 is 2.97 bits per heavy atom. The number of primary amides is 1. The molecule has 0 unspecified atom stereocenters. The number of hydrogen-bond acceptors (Lipinski definition) is 4. The highest BCUT2D eigenvalue weighted by Crippen LogP contribution is 2.38. The summed E-state index contributed by atoms with van der Waals surface area (Å²) in [5.41, 5.74) is 10.8. The van der Waals surface area contributed by atoms with E-state index >= 15 is 0 Å². The van der Waals surface area contributed by atoms with Crippen LogP contribution in [0.3, 0.4) is 0 Å². The van der Waals surface area contributed by atoms with Crippen LogP contribution < -0.4 is 5.73 Å². The number of nitrogens with zero attached hydrogens (tertiary/aromatic N) is 6. The van der Waals surface area contributed by atoms with Gasteiger partial charge in [0.15, 0.2) is 0 Å². The van der Waals surface area contributed by atoms with Crippen LogP contribution in [0.25, 0.3) is 34.4 Å². The van der Waals surface area contributed by atoms with Gasteiger partial charge < -0.3 is 10.3 Å². The molecule has 1 amide bonds. The quantitative estimate of drug-likeness (QED) is 0.522. The first kappa shape index (κ1) is 17.2. The van der Waals surface area contributed by atoms with Crippen molar-refractivity contribution >= 4 is 17.6 Å². The van der Waals surface area contributed by atoms with E-state index < -0.39 is 5.91 Å². The number of pyridine rings is 1. The molecular weight excluding hydrogens is 378 g/mol. The predicted octanol–water partition coefficient (Wildman–Crippen LogP) is 2.84. The van der Waals surface area contributed by atoms with Crippen LogP contribution in [0.1, 0.15) is 36.8 Å². The fourth-order valence-electron chi connectivity index (χ4n) is 4.23. The van der Waals surface area contributed by atoms with Gasteiger partial charge >= 0.3 is 0 Å². The Morgan fingerprint density at radius 2 is 2.13 bits per heavy atom. The molecule has 2 N–H and O–H groups in total. The maximum Gasteiger partial charge on any atom is 0.241 e. The number of carbonyl (C=O) groups excluding carboxylic acids is 1. The monoisotopic (exact) mass is 399 g/mol. The summed E-state index contributed by atoms with van der Waals surface area (Å²) in [6.45, 7) is 0.956. The number of amides is 1. The summed E-state index contributed by atoms with van der Waals surface area (Å²) in [4.78, 5) is 20.5. The van der Waals surface area contributed by atoms with Gasteiger partial charge in [-0.2, -0.15) is 5.10 Å². The Bertz CT molecular complexity index is 1320. The molecule has 5 heterocycles. The van der Waals surface area contributed by atoms with E-state index in [1.165, 1.54) is 18.9 Å². The molecular formula is C22H21N7O. The minimum absolute atomic E-state index is 0.483. The Balaban J connectivity index is 1.50. The number of fused-ring (bicyclic) bond motifs is 2. The van der Waals surface area contributed by atoms with Gasteiger partial charge in [-0.25, -0.2) is 9.97 Å². The lowest BCUT2D eigenvalue weighted by Crippen LogP contribution is -2.05. The standard InChI is InChI=1S/C22H21N7O/c23-18(30)7-6-16-12-24-19-8-3-14(13-28(16)19)22-21(25-20-2-1-10-27(20)22)17-9-11-29(26-17)15-4-5-15/h3,6-9,11-13,15H,1-2,4-5,10H2,(H2,23,30)/b7-6+. The molecule has 1 fully saturated rings. The molecule has 1 aliphatic heterocycles. The first-order valence-electron chi connectivity index (χ1n) is 10.3. The molecule has 0 bridgehead atoms. The smallest absolute Gasteiger partial charge is 0.241 e. The molecule has 2 aliphatic rings. The first-order chi connectivity index (χ1) is 14.7. The van der Waals surface area contributed by atoms with Crippen LogP contribution in [0, 0.1) is 0 Å². The Labute approximate surface area is 172 Å². The number of nitrogens with two attached hydrogens (primary N) is 1. The third kappa shape index (κ3) is 2.75. The lowest BCUT2D eigenvalue weighted by molar-refractivity contribution is -0.113. The third-order valence-corrected chi connectivity index (χ3v) is 5.83. The minimum Gasteiger partial charge on any atom is -0.366 e. The average molecular weight is 399 g/mol. The maximum atomic E-state index is 11.2. The van der Waals surface area contributed by atoms with Crippen molar-refractivity contribution in [3.63, 3.8) is 0 Å². The zero-order valence-electron chi connectivity index (χ0n) is 16.4. The van der Waals surface area contributed by atoms with Crippen molar-refractivity contribution in [2.45, 2.75) is 38.3 Å². The fraction of sp³-hybridized carbons (Fsp3) is 0.273. The number of carbonyl (C=O) groups is 1. The van der Waals surface area contributed by atoms with Crippen molar-refractivity contribution in [2.75, 3.05) is 0 Å². The minimum atomic E-state index is -0.483. The van der Waals surface area contributed by atoms with Crippen LogP contribution in [-0.2, 0) is 17.8 Å². The number of imidazole rings is 2. The van der Waals surface area contributed by atoms with E-state index in [1.54, 1.807) is 12.3 Å². The number of aromatic nitrogens is 6. The summed E-state index contributed by atoms with van der Waals surface area (Å²) in [5, 5.41) is 4.82. The fourth-order valence-corrected chi connectivity index (χ4v) is 4.23. The van der Waals surface area contributed by atoms with Gasteiger partial charge in [-0.15, -0.1) is 0 Å². The van der Waals surface area contributed by atoms with Crippen LogP contribution >= 0.6 is 0 Å². The second-order valence-corrected chi connectivity index (χ2v) is 7.96. The van der Waals surface area contributed by atoms with Gasteiger partial charge in [0.1, 0.15) is 22.9 Å². The normalized spacial score (nSPS) is 16.0. The van der Waals surface area contributed by atoms with Gasteiger partial charge in [-0.05, 0) is 43.5 Å². The summed E-state index contributed by atoms with van der Waals surface area (Å²) in [6, 6.07) is 6.67. The first-order valence-corrected chi connectivity index (χ1v) is 10.3. The molecule has 0 radical (unpaired) electrons. The zero-order chi connectivity index (χ0) is 20.2. The van der Waals surface area contributed by atoms with E-state index in [1.807, 2.05) is 16.7 Å². The summed E-state index contributed by atoms with van der Waals surface area (Å²) < 4.78 is 6.34. The van der Waals surface area contributed by atoms with Crippen molar-refractivity contribution in [1.29, 1.82) is 0 Å². The Kier molecular flexibility index (Phi) is 3.68. The maximum absolute atomic E-state index is 11.2. The van der Waals surface area contributed by atoms with E-state index in [0.717, 1.165) is 59.2 Å². The Hall–Kier alpha value is -3.68. The zero-order valence-corrected chi connectivity index (χ0v) is 16.4. The molecule has 1 saturated carbocycles. The number of rotatable bonds is 5. The van der Waals surface area contributed by atoms with Gasteiger partial charge in [0.05, 0.1) is 23.6 Å². The number of hydrogen-bond donors (Lipinski definition) is 1. The van der Waals surface area contributed by atoms with Crippen molar-refractivity contribution in [2.24, 2.45) is 5.73 Å². The summed E-state index contributed by atoms with van der Waals surface area (Å²) in [6.07, 6.45) is 13.4. The second kappa shape index (κ2) is 6.41. The van der Waals surface area contributed by atoms with Crippen LogP contribution in [-0.4, -0.2) is 34.6 Å². The van der Waals surface area contributed by atoms with Gasteiger partial charge in [0, 0.05) is 37.0 Å². The van der Waals surface area contributed by atoms with E-state index in [4.69, 9.17) is 15.8 Å². The molecule has 30 heavy (non-hydrogen) atoms. The molecule has 0 saturated heterocycles. The largest absolute Gasteiger partial charge is 0.366 e.